The van der Waals surface area contributed by atoms with E-state index in [9.17, 15) is 4.79 Å². The lowest BCUT2D eigenvalue weighted by Gasteiger charge is -2.20. The Hall–Kier alpha value is -1.39. The van der Waals surface area contributed by atoms with Gasteiger partial charge >= 0.3 is 0 Å². The molecule has 0 saturated carbocycles. The largest absolute Gasteiger partial charge is 0.385 e. The van der Waals surface area contributed by atoms with Crippen LogP contribution in [-0.4, -0.2) is 25.7 Å². The van der Waals surface area contributed by atoms with Gasteiger partial charge in [-0.3, -0.25) is 4.79 Å². The van der Waals surface area contributed by atoms with Gasteiger partial charge in [-0.1, -0.05) is 37.3 Å². The first kappa shape index (κ1) is 15.7. The van der Waals surface area contributed by atoms with Gasteiger partial charge in [0.1, 0.15) is 0 Å². The zero-order valence-corrected chi connectivity index (χ0v) is 11.8. The molecule has 0 bridgehead atoms. The third kappa shape index (κ3) is 5.41. The maximum Gasteiger partial charge on any atom is 0.237 e. The van der Waals surface area contributed by atoms with Gasteiger partial charge in [-0.05, 0) is 24.8 Å². The Bertz CT molecular complexity index is 368. The molecule has 2 atom stereocenters. The van der Waals surface area contributed by atoms with Gasteiger partial charge in [0.15, 0.2) is 0 Å². The number of methoxy groups -OCH3 is 1. The Balaban J connectivity index is 2.49. The molecule has 4 nitrogen and oxygen atoms in total. The van der Waals surface area contributed by atoms with Crippen LogP contribution in [0.4, 0.5) is 0 Å². The van der Waals surface area contributed by atoms with Crippen LogP contribution in [0.2, 0.25) is 0 Å². The molecule has 0 radical (unpaired) electrons. The molecule has 106 valence electrons. The molecule has 19 heavy (non-hydrogen) atoms. The zero-order valence-electron chi connectivity index (χ0n) is 11.8. The first-order valence-electron chi connectivity index (χ1n) is 6.78. The number of nitrogens with one attached hydrogen (secondary N) is 1. The average Bonchev–Trinajstić information content (AvgIpc) is 2.45. The number of ether oxygens (including phenoxy) is 1. The lowest BCUT2D eigenvalue weighted by atomic mass is 10.0. The number of hydrogen-bond donors (Lipinski definition) is 2. The number of nitrogens with two attached hydrogens (primary N) is 1. The summed E-state index contributed by atoms with van der Waals surface area (Å²) >= 11 is 0. The third-order valence-electron chi connectivity index (χ3n) is 3.13. The van der Waals surface area contributed by atoms with Crippen LogP contribution < -0.4 is 11.1 Å². The van der Waals surface area contributed by atoms with Crippen molar-refractivity contribution in [2.75, 3.05) is 13.7 Å². The van der Waals surface area contributed by atoms with Gasteiger partial charge in [-0.2, -0.15) is 0 Å². The van der Waals surface area contributed by atoms with Crippen LogP contribution >= 0.6 is 0 Å². The fourth-order valence-electron chi connectivity index (χ4n) is 1.96. The molecule has 0 aliphatic heterocycles. The molecule has 4 heteroatoms. The SMILES string of the molecule is CCC(NC(=O)C(N)CCCOC)c1ccccc1. The second-order valence-electron chi connectivity index (χ2n) is 4.62. The Morgan fingerprint density at radius 3 is 2.63 bits per heavy atom. The van der Waals surface area contributed by atoms with E-state index in [1.807, 2.05) is 37.3 Å². The molecular weight excluding hydrogens is 240 g/mol. The van der Waals surface area contributed by atoms with E-state index in [0.29, 0.717) is 13.0 Å². The summed E-state index contributed by atoms with van der Waals surface area (Å²) < 4.78 is 4.96. The molecule has 0 aliphatic rings. The minimum absolute atomic E-state index is 0.0298. The monoisotopic (exact) mass is 264 g/mol. The standard InChI is InChI=1S/C15H24N2O2/c1-3-14(12-8-5-4-6-9-12)17-15(18)13(16)10-7-11-19-2/h4-6,8-9,13-14H,3,7,10-11,16H2,1-2H3,(H,17,18). The predicted molar refractivity (Wildman–Crippen MR) is 76.7 cm³/mol. The van der Waals surface area contributed by atoms with Crippen LogP contribution in [-0.2, 0) is 9.53 Å². The first-order chi connectivity index (χ1) is 9.19. The van der Waals surface area contributed by atoms with Crippen LogP contribution in [0.1, 0.15) is 37.8 Å². The summed E-state index contributed by atoms with van der Waals surface area (Å²) in [5.74, 6) is -0.0909. The molecule has 0 saturated heterocycles. The highest BCUT2D eigenvalue weighted by molar-refractivity contribution is 5.81. The molecule has 1 rings (SSSR count). The van der Waals surface area contributed by atoms with Crippen LogP contribution in [0.3, 0.4) is 0 Å². The van der Waals surface area contributed by atoms with Gasteiger partial charge in [-0.15, -0.1) is 0 Å². The highest BCUT2D eigenvalue weighted by Gasteiger charge is 2.17. The Labute approximate surface area is 115 Å². The van der Waals surface area contributed by atoms with Gasteiger partial charge in [0, 0.05) is 13.7 Å². The van der Waals surface area contributed by atoms with E-state index in [1.165, 1.54) is 0 Å². The van der Waals surface area contributed by atoms with Crippen LogP contribution in [0, 0.1) is 0 Å². The summed E-state index contributed by atoms with van der Waals surface area (Å²) in [5.41, 5.74) is 6.98. The molecule has 2 unspecified atom stereocenters. The summed E-state index contributed by atoms with van der Waals surface area (Å²) in [7, 11) is 1.65. The normalized spacial score (nSPS) is 13.8. The van der Waals surface area contributed by atoms with E-state index >= 15 is 0 Å². The van der Waals surface area contributed by atoms with Crippen molar-refractivity contribution in [1.82, 2.24) is 5.32 Å². The molecule has 3 N–H and O–H groups in total. The lowest BCUT2D eigenvalue weighted by Crippen LogP contribution is -2.42. The molecule has 0 heterocycles. The molecule has 1 aromatic rings. The van der Waals surface area contributed by atoms with Crippen molar-refractivity contribution in [3.63, 3.8) is 0 Å². The highest BCUT2D eigenvalue weighted by atomic mass is 16.5. The Kier molecular flexibility index (Phi) is 7.15. The van der Waals surface area contributed by atoms with E-state index in [2.05, 4.69) is 5.32 Å². The molecule has 0 fully saturated rings. The van der Waals surface area contributed by atoms with Crippen LogP contribution in [0.25, 0.3) is 0 Å². The first-order valence-corrected chi connectivity index (χ1v) is 6.78. The summed E-state index contributed by atoms with van der Waals surface area (Å²) in [5, 5.41) is 3.00. The fraction of sp³-hybridized carbons (Fsp3) is 0.533. The van der Waals surface area contributed by atoms with Gasteiger partial charge in [0.2, 0.25) is 5.91 Å². The lowest BCUT2D eigenvalue weighted by molar-refractivity contribution is -0.123. The zero-order chi connectivity index (χ0) is 14.1. The second kappa shape index (κ2) is 8.67. The van der Waals surface area contributed by atoms with Crippen LogP contribution in [0.15, 0.2) is 30.3 Å². The van der Waals surface area contributed by atoms with Crippen molar-refractivity contribution in [2.24, 2.45) is 5.73 Å². The van der Waals surface area contributed by atoms with Crippen molar-refractivity contribution in [3.05, 3.63) is 35.9 Å². The van der Waals surface area contributed by atoms with Gasteiger partial charge < -0.3 is 15.8 Å². The van der Waals surface area contributed by atoms with E-state index in [1.54, 1.807) is 7.11 Å². The van der Waals surface area contributed by atoms with E-state index in [-0.39, 0.29) is 11.9 Å². The number of carbonyl (C=O) groups excluding carboxylic acids is 1. The summed E-state index contributed by atoms with van der Waals surface area (Å²) in [6.07, 6.45) is 2.29. The number of amides is 1. The molecule has 1 aromatic carbocycles. The molecule has 0 spiro atoms. The Morgan fingerprint density at radius 2 is 2.05 bits per heavy atom. The smallest absolute Gasteiger partial charge is 0.237 e. The van der Waals surface area contributed by atoms with E-state index in [0.717, 1.165) is 18.4 Å². The van der Waals surface area contributed by atoms with Gasteiger partial charge in [0.25, 0.3) is 0 Å². The fourth-order valence-corrected chi connectivity index (χ4v) is 1.96. The van der Waals surface area contributed by atoms with Crippen molar-refractivity contribution < 1.29 is 9.53 Å². The number of hydrogen-bond acceptors (Lipinski definition) is 3. The van der Waals surface area contributed by atoms with Gasteiger partial charge in [-0.25, -0.2) is 0 Å². The average molecular weight is 264 g/mol. The van der Waals surface area contributed by atoms with Crippen molar-refractivity contribution in [2.45, 2.75) is 38.3 Å². The van der Waals surface area contributed by atoms with E-state index in [4.69, 9.17) is 10.5 Å². The maximum absolute atomic E-state index is 12.0. The minimum Gasteiger partial charge on any atom is -0.385 e. The summed E-state index contributed by atoms with van der Waals surface area (Å²) in [4.78, 5) is 12.0. The molecule has 0 aromatic heterocycles. The topological polar surface area (TPSA) is 64.4 Å². The second-order valence-corrected chi connectivity index (χ2v) is 4.62. The summed E-state index contributed by atoms with van der Waals surface area (Å²) in [6.45, 7) is 2.69. The highest BCUT2D eigenvalue weighted by Crippen LogP contribution is 2.16. The quantitative estimate of drug-likeness (QED) is 0.706. The maximum atomic E-state index is 12.0. The molecule has 1 amide bonds. The number of rotatable bonds is 8. The molecule has 0 aliphatic carbocycles. The number of benzene rings is 1. The van der Waals surface area contributed by atoms with Crippen LogP contribution in [0.5, 0.6) is 0 Å². The number of carbonyl (C=O) groups is 1. The van der Waals surface area contributed by atoms with Crippen molar-refractivity contribution >= 4 is 5.91 Å². The molecular formula is C15H24N2O2. The third-order valence-corrected chi connectivity index (χ3v) is 3.13. The minimum atomic E-state index is -0.465. The Morgan fingerprint density at radius 1 is 1.37 bits per heavy atom. The summed E-state index contributed by atoms with van der Waals surface area (Å²) in [6, 6.07) is 9.52. The van der Waals surface area contributed by atoms with Gasteiger partial charge in [0.05, 0.1) is 12.1 Å². The predicted octanol–water partition coefficient (Wildman–Crippen LogP) is 2.01. The van der Waals surface area contributed by atoms with Crippen molar-refractivity contribution in [1.29, 1.82) is 0 Å². The van der Waals surface area contributed by atoms with E-state index < -0.39 is 6.04 Å². The van der Waals surface area contributed by atoms with Crippen molar-refractivity contribution in [3.8, 4) is 0 Å².